The Bertz CT molecular complexity index is 287. The summed E-state index contributed by atoms with van der Waals surface area (Å²) in [5, 5.41) is 12.7. The minimum Gasteiger partial charge on any atom is -0.508 e. The van der Waals surface area contributed by atoms with E-state index in [1.54, 1.807) is 13.2 Å². The zero-order valence-electron chi connectivity index (χ0n) is 8.71. The Morgan fingerprint density at radius 2 is 2.21 bits per heavy atom. The van der Waals surface area contributed by atoms with Gasteiger partial charge in [0.25, 0.3) is 0 Å². The van der Waals surface area contributed by atoms with Gasteiger partial charge < -0.3 is 15.2 Å². The summed E-state index contributed by atoms with van der Waals surface area (Å²) in [7, 11) is 3.54. The van der Waals surface area contributed by atoms with Crippen molar-refractivity contribution in [3.05, 3.63) is 29.3 Å². The van der Waals surface area contributed by atoms with Gasteiger partial charge >= 0.3 is 0 Å². The van der Waals surface area contributed by atoms with Crippen LogP contribution >= 0.6 is 0 Å². The number of methoxy groups -OCH3 is 1. The lowest BCUT2D eigenvalue weighted by Crippen LogP contribution is -2.10. The van der Waals surface area contributed by atoms with E-state index >= 15 is 0 Å². The van der Waals surface area contributed by atoms with Crippen molar-refractivity contribution in [3.63, 3.8) is 0 Å². The van der Waals surface area contributed by atoms with Crippen molar-refractivity contribution in [3.8, 4) is 5.75 Å². The maximum absolute atomic E-state index is 9.62. The van der Waals surface area contributed by atoms with Gasteiger partial charge in [0.15, 0.2) is 0 Å². The second-order valence-corrected chi connectivity index (χ2v) is 3.25. The third-order valence-electron chi connectivity index (χ3n) is 2.11. The van der Waals surface area contributed by atoms with E-state index in [-0.39, 0.29) is 0 Å². The Hall–Kier alpha value is -1.06. The van der Waals surface area contributed by atoms with E-state index in [1.165, 1.54) is 0 Å². The van der Waals surface area contributed by atoms with Crippen LogP contribution in [-0.4, -0.2) is 25.8 Å². The molecule has 3 heteroatoms. The quantitative estimate of drug-likeness (QED) is 0.744. The van der Waals surface area contributed by atoms with Gasteiger partial charge in [-0.15, -0.1) is 0 Å². The highest BCUT2D eigenvalue weighted by atomic mass is 16.5. The highest BCUT2D eigenvalue weighted by Crippen LogP contribution is 2.19. The number of hydrogen-bond acceptors (Lipinski definition) is 3. The van der Waals surface area contributed by atoms with E-state index in [2.05, 4.69) is 5.32 Å². The van der Waals surface area contributed by atoms with Crippen LogP contribution in [0.25, 0.3) is 0 Å². The average molecular weight is 195 g/mol. The molecule has 0 saturated heterocycles. The second kappa shape index (κ2) is 5.62. The Kier molecular flexibility index (Phi) is 4.43. The van der Waals surface area contributed by atoms with Crippen LogP contribution in [0.4, 0.5) is 0 Å². The third kappa shape index (κ3) is 3.01. The number of ether oxygens (including phenoxy) is 1. The van der Waals surface area contributed by atoms with Crippen LogP contribution in [0.3, 0.4) is 0 Å². The first kappa shape index (κ1) is 11.0. The van der Waals surface area contributed by atoms with Gasteiger partial charge in [0.05, 0.1) is 6.61 Å². The van der Waals surface area contributed by atoms with Crippen molar-refractivity contribution in [2.24, 2.45) is 0 Å². The fourth-order valence-corrected chi connectivity index (χ4v) is 1.31. The number of nitrogens with one attached hydrogen (secondary N) is 1. The Morgan fingerprint density at radius 3 is 2.79 bits per heavy atom. The summed E-state index contributed by atoms with van der Waals surface area (Å²) < 4.78 is 4.96. The largest absolute Gasteiger partial charge is 0.508 e. The van der Waals surface area contributed by atoms with Gasteiger partial charge in [-0.25, -0.2) is 0 Å². The molecule has 0 unspecified atom stereocenters. The lowest BCUT2D eigenvalue weighted by atomic mass is 10.1. The molecule has 0 fully saturated rings. The monoisotopic (exact) mass is 195 g/mol. The summed E-state index contributed by atoms with van der Waals surface area (Å²) in [6.07, 6.45) is 0.928. The molecule has 0 radical (unpaired) electrons. The summed E-state index contributed by atoms with van der Waals surface area (Å²) >= 11 is 0. The molecule has 14 heavy (non-hydrogen) atoms. The van der Waals surface area contributed by atoms with Gasteiger partial charge in [-0.3, -0.25) is 0 Å². The summed E-state index contributed by atoms with van der Waals surface area (Å²) in [4.78, 5) is 0. The second-order valence-electron chi connectivity index (χ2n) is 3.25. The van der Waals surface area contributed by atoms with Crippen LogP contribution in [0.5, 0.6) is 5.75 Å². The zero-order chi connectivity index (χ0) is 10.4. The highest BCUT2D eigenvalue weighted by Gasteiger charge is 2.01. The molecule has 0 bridgehead atoms. The normalized spacial score (nSPS) is 10.4. The topological polar surface area (TPSA) is 41.5 Å². The van der Waals surface area contributed by atoms with Crippen LogP contribution < -0.4 is 5.32 Å². The maximum Gasteiger partial charge on any atom is 0.121 e. The number of phenolic OH excluding ortho intramolecular Hbond substituents is 1. The lowest BCUT2D eigenvalue weighted by molar-refractivity contribution is 0.182. The fraction of sp³-hybridized carbons (Fsp3) is 0.455. The number of hydrogen-bond donors (Lipinski definition) is 2. The first-order valence-corrected chi connectivity index (χ1v) is 4.72. The van der Waals surface area contributed by atoms with Gasteiger partial charge in [0.1, 0.15) is 5.75 Å². The Morgan fingerprint density at radius 1 is 1.43 bits per heavy atom. The van der Waals surface area contributed by atoms with Gasteiger partial charge in [-0.1, -0.05) is 12.1 Å². The van der Waals surface area contributed by atoms with E-state index in [0.717, 1.165) is 24.1 Å². The average Bonchev–Trinajstić information content (AvgIpc) is 2.19. The molecule has 0 aliphatic carbocycles. The first-order chi connectivity index (χ1) is 6.77. The molecule has 0 spiro atoms. The maximum atomic E-state index is 9.62. The van der Waals surface area contributed by atoms with E-state index in [0.29, 0.717) is 12.4 Å². The number of aromatic hydroxyl groups is 1. The molecule has 3 nitrogen and oxygen atoms in total. The van der Waals surface area contributed by atoms with Crippen LogP contribution in [-0.2, 0) is 17.8 Å². The molecule has 2 N–H and O–H groups in total. The van der Waals surface area contributed by atoms with E-state index in [9.17, 15) is 5.11 Å². The minimum atomic E-state index is 0.320. The predicted molar refractivity (Wildman–Crippen MR) is 56.5 cm³/mol. The van der Waals surface area contributed by atoms with Gasteiger partial charge in [-0.2, -0.15) is 0 Å². The third-order valence-corrected chi connectivity index (χ3v) is 2.11. The van der Waals surface area contributed by atoms with E-state index in [1.807, 2.05) is 19.2 Å². The Balaban J connectivity index is 2.68. The highest BCUT2D eigenvalue weighted by molar-refractivity contribution is 5.36. The fourth-order valence-electron chi connectivity index (χ4n) is 1.31. The molecule has 1 aromatic carbocycles. The molecule has 0 aliphatic heterocycles. The molecule has 78 valence electrons. The first-order valence-electron chi connectivity index (χ1n) is 4.72. The molecular formula is C11H17NO2. The van der Waals surface area contributed by atoms with Crippen LogP contribution in [0.15, 0.2) is 18.2 Å². The SMILES string of the molecule is CNCCc1ccc(COC)c(O)c1. The minimum absolute atomic E-state index is 0.320. The van der Waals surface area contributed by atoms with Gasteiger partial charge in [0, 0.05) is 12.7 Å². The zero-order valence-corrected chi connectivity index (χ0v) is 8.71. The number of phenols is 1. The summed E-state index contributed by atoms with van der Waals surface area (Å²) in [6.45, 7) is 1.38. The van der Waals surface area contributed by atoms with Crippen LogP contribution in [0.2, 0.25) is 0 Å². The smallest absolute Gasteiger partial charge is 0.121 e. The standard InChI is InChI=1S/C11H17NO2/c1-12-6-5-9-3-4-10(8-14-2)11(13)7-9/h3-4,7,12-13H,5-6,8H2,1-2H3. The predicted octanol–water partition coefficient (Wildman–Crippen LogP) is 1.30. The van der Waals surface area contributed by atoms with Crippen molar-refractivity contribution < 1.29 is 9.84 Å². The summed E-state index contributed by atoms with van der Waals surface area (Å²) in [5.41, 5.74) is 1.97. The molecule has 0 aliphatic rings. The number of rotatable bonds is 5. The van der Waals surface area contributed by atoms with Crippen LogP contribution in [0.1, 0.15) is 11.1 Å². The van der Waals surface area contributed by atoms with Gasteiger partial charge in [0.2, 0.25) is 0 Å². The van der Waals surface area contributed by atoms with Crippen molar-refractivity contribution in [2.75, 3.05) is 20.7 Å². The molecule has 0 saturated carbocycles. The Labute approximate surface area is 84.7 Å². The van der Waals surface area contributed by atoms with E-state index < -0.39 is 0 Å². The molecule has 0 aromatic heterocycles. The molecule has 0 amide bonds. The number of likely N-dealkylation sites (N-methyl/N-ethyl adjacent to an activating group) is 1. The summed E-state index contributed by atoms with van der Waals surface area (Å²) in [6, 6.07) is 5.72. The van der Waals surface area contributed by atoms with Crippen molar-refractivity contribution in [1.82, 2.24) is 5.32 Å². The molecule has 0 atom stereocenters. The summed E-state index contributed by atoms with van der Waals surface area (Å²) in [5.74, 6) is 0.320. The molecule has 1 rings (SSSR count). The molecular weight excluding hydrogens is 178 g/mol. The lowest BCUT2D eigenvalue weighted by Gasteiger charge is -2.06. The molecule has 0 heterocycles. The van der Waals surface area contributed by atoms with E-state index in [4.69, 9.17) is 4.74 Å². The van der Waals surface area contributed by atoms with Gasteiger partial charge in [-0.05, 0) is 31.6 Å². The van der Waals surface area contributed by atoms with Crippen LogP contribution in [0, 0.1) is 0 Å². The van der Waals surface area contributed by atoms with Crippen molar-refractivity contribution in [2.45, 2.75) is 13.0 Å². The van der Waals surface area contributed by atoms with Crippen molar-refractivity contribution in [1.29, 1.82) is 0 Å². The molecule has 1 aromatic rings. The number of benzene rings is 1. The van der Waals surface area contributed by atoms with Crippen molar-refractivity contribution >= 4 is 0 Å².